The van der Waals surface area contributed by atoms with Crippen LogP contribution < -0.4 is 5.32 Å². The third kappa shape index (κ3) is 4.35. The van der Waals surface area contributed by atoms with E-state index >= 15 is 0 Å². The zero-order chi connectivity index (χ0) is 19.4. The van der Waals surface area contributed by atoms with Gasteiger partial charge in [0.15, 0.2) is 0 Å². The van der Waals surface area contributed by atoms with E-state index in [4.69, 9.17) is 0 Å². The van der Waals surface area contributed by atoms with Crippen molar-refractivity contribution < 1.29 is 9.72 Å². The molecule has 0 saturated heterocycles. The third-order valence-corrected chi connectivity index (χ3v) is 5.06. The van der Waals surface area contributed by atoms with E-state index in [-0.39, 0.29) is 17.2 Å². The van der Waals surface area contributed by atoms with Gasteiger partial charge in [-0.2, -0.15) is 0 Å². The van der Waals surface area contributed by atoms with Gasteiger partial charge >= 0.3 is 0 Å². The number of aromatic nitrogens is 2. The maximum absolute atomic E-state index is 12.5. The number of para-hydroxylation sites is 1. The van der Waals surface area contributed by atoms with Crippen molar-refractivity contribution in [3.8, 4) is 0 Å². The van der Waals surface area contributed by atoms with Crippen molar-refractivity contribution in [2.24, 2.45) is 0 Å². The van der Waals surface area contributed by atoms with Crippen LogP contribution in [0, 0.1) is 17.0 Å². The molecule has 0 unspecified atom stereocenters. The van der Waals surface area contributed by atoms with Crippen LogP contribution in [0.1, 0.15) is 39.3 Å². The number of aryl methyl sites for hydroxylation is 1. The van der Waals surface area contributed by atoms with Gasteiger partial charge < -0.3 is 0 Å². The zero-order valence-electron chi connectivity index (χ0n) is 14.9. The van der Waals surface area contributed by atoms with Crippen LogP contribution in [0.15, 0.2) is 48.5 Å². The van der Waals surface area contributed by atoms with E-state index < -0.39 is 10.8 Å². The van der Waals surface area contributed by atoms with Gasteiger partial charge in [0, 0.05) is 12.0 Å². The summed E-state index contributed by atoms with van der Waals surface area (Å²) in [5.41, 5.74) is 1.45. The van der Waals surface area contributed by atoms with Crippen molar-refractivity contribution in [1.82, 2.24) is 10.2 Å². The Morgan fingerprint density at radius 3 is 2.63 bits per heavy atom. The number of rotatable bonds is 6. The van der Waals surface area contributed by atoms with E-state index in [2.05, 4.69) is 34.6 Å². The van der Waals surface area contributed by atoms with Gasteiger partial charge in [0.1, 0.15) is 10.6 Å². The SMILES string of the molecule is Cc1cccc(C(=O)Nc2nnc(C[C@@H](C)c3ccccc3)s2)c1[N+](=O)[O-]. The molecule has 27 heavy (non-hydrogen) atoms. The molecule has 0 aliphatic heterocycles. The van der Waals surface area contributed by atoms with Crippen LogP contribution in [0.4, 0.5) is 10.8 Å². The number of hydrogen-bond donors (Lipinski definition) is 1. The predicted octanol–water partition coefficient (Wildman–Crippen LogP) is 4.35. The highest BCUT2D eigenvalue weighted by Crippen LogP contribution is 2.26. The normalized spacial score (nSPS) is 11.8. The van der Waals surface area contributed by atoms with Crippen molar-refractivity contribution in [2.45, 2.75) is 26.2 Å². The Morgan fingerprint density at radius 1 is 1.19 bits per heavy atom. The highest BCUT2D eigenvalue weighted by Gasteiger charge is 2.23. The molecule has 0 radical (unpaired) electrons. The highest BCUT2D eigenvalue weighted by atomic mass is 32.1. The molecule has 0 aliphatic rings. The van der Waals surface area contributed by atoms with E-state index in [9.17, 15) is 14.9 Å². The Hall–Kier alpha value is -3.13. The Morgan fingerprint density at radius 2 is 1.93 bits per heavy atom. The number of anilines is 1. The minimum atomic E-state index is -0.566. The van der Waals surface area contributed by atoms with Crippen molar-refractivity contribution in [1.29, 1.82) is 0 Å². The van der Waals surface area contributed by atoms with Gasteiger partial charge in [0.2, 0.25) is 5.13 Å². The number of benzene rings is 2. The smallest absolute Gasteiger partial charge is 0.285 e. The van der Waals surface area contributed by atoms with E-state index in [0.717, 1.165) is 5.01 Å². The maximum Gasteiger partial charge on any atom is 0.285 e. The summed E-state index contributed by atoms with van der Waals surface area (Å²) in [6.07, 6.45) is 0.697. The number of nitrogens with one attached hydrogen (secondary N) is 1. The Balaban J connectivity index is 1.72. The summed E-state index contributed by atoms with van der Waals surface area (Å²) in [6.45, 7) is 3.70. The second-order valence-electron chi connectivity index (χ2n) is 6.20. The van der Waals surface area contributed by atoms with E-state index in [1.165, 1.54) is 23.0 Å². The van der Waals surface area contributed by atoms with Gasteiger partial charge in [-0.15, -0.1) is 10.2 Å². The summed E-state index contributed by atoms with van der Waals surface area (Å²) in [5, 5.41) is 23.1. The molecule has 138 valence electrons. The quantitative estimate of drug-likeness (QED) is 0.505. The molecule has 2 aromatic carbocycles. The minimum absolute atomic E-state index is 0.00871. The summed E-state index contributed by atoms with van der Waals surface area (Å²) in [4.78, 5) is 23.2. The first kappa shape index (κ1) is 18.7. The molecule has 0 fully saturated rings. The first-order valence-corrected chi connectivity index (χ1v) is 9.20. The van der Waals surface area contributed by atoms with Crippen molar-refractivity contribution >= 4 is 28.1 Å². The van der Waals surface area contributed by atoms with Gasteiger partial charge in [0.05, 0.1) is 4.92 Å². The molecule has 7 nitrogen and oxygen atoms in total. The number of carbonyl (C=O) groups excluding carboxylic acids is 1. The van der Waals surface area contributed by atoms with E-state index in [0.29, 0.717) is 17.1 Å². The molecule has 0 saturated carbocycles. The average molecular weight is 382 g/mol. The van der Waals surface area contributed by atoms with Crippen molar-refractivity contribution in [2.75, 3.05) is 5.32 Å². The van der Waals surface area contributed by atoms with Crippen molar-refractivity contribution in [3.05, 3.63) is 80.3 Å². The molecule has 0 bridgehead atoms. The van der Waals surface area contributed by atoms with Gasteiger partial charge in [-0.25, -0.2) is 0 Å². The lowest BCUT2D eigenvalue weighted by Crippen LogP contribution is -2.14. The van der Waals surface area contributed by atoms with Crippen LogP contribution in [0.5, 0.6) is 0 Å². The van der Waals surface area contributed by atoms with Gasteiger partial charge in [-0.3, -0.25) is 20.2 Å². The molecule has 1 aromatic heterocycles. The molecule has 1 atom stereocenters. The number of nitrogens with zero attached hydrogens (tertiary/aromatic N) is 3. The maximum atomic E-state index is 12.5. The second-order valence-corrected chi connectivity index (χ2v) is 7.26. The number of hydrogen-bond acceptors (Lipinski definition) is 6. The summed E-state index contributed by atoms with van der Waals surface area (Å²) < 4.78 is 0. The lowest BCUT2D eigenvalue weighted by Gasteiger charge is -2.08. The lowest BCUT2D eigenvalue weighted by molar-refractivity contribution is -0.385. The molecule has 1 N–H and O–H groups in total. The molecule has 1 heterocycles. The van der Waals surface area contributed by atoms with Gasteiger partial charge in [0.25, 0.3) is 11.6 Å². The van der Waals surface area contributed by atoms with Gasteiger partial charge in [-0.1, -0.05) is 60.7 Å². The highest BCUT2D eigenvalue weighted by molar-refractivity contribution is 7.15. The summed E-state index contributed by atoms with van der Waals surface area (Å²) in [7, 11) is 0. The fraction of sp³-hybridized carbons (Fsp3) is 0.211. The summed E-state index contributed by atoms with van der Waals surface area (Å²) in [6, 6.07) is 14.7. The number of nitro benzene ring substituents is 1. The van der Waals surface area contributed by atoms with Gasteiger partial charge in [-0.05, 0) is 24.5 Å². The molecule has 8 heteroatoms. The molecule has 3 rings (SSSR count). The topological polar surface area (TPSA) is 98.0 Å². The Labute approximate surface area is 160 Å². The van der Waals surface area contributed by atoms with Crippen LogP contribution in [-0.4, -0.2) is 21.0 Å². The van der Waals surface area contributed by atoms with E-state index in [1.807, 2.05) is 18.2 Å². The lowest BCUT2D eigenvalue weighted by atomic mass is 9.98. The fourth-order valence-corrected chi connectivity index (χ4v) is 3.66. The van der Waals surface area contributed by atoms with E-state index in [1.54, 1.807) is 19.1 Å². The van der Waals surface area contributed by atoms with Crippen LogP contribution in [-0.2, 0) is 6.42 Å². The fourth-order valence-electron chi connectivity index (χ4n) is 2.80. The predicted molar refractivity (Wildman–Crippen MR) is 104 cm³/mol. The summed E-state index contributed by atoms with van der Waals surface area (Å²) >= 11 is 1.27. The van der Waals surface area contributed by atoms with Crippen LogP contribution >= 0.6 is 11.3 Å². The Kier molecular flexibility index (Phi) is 5.56. The minimum Gasteiger partial charge on any atom is -0.296 e. The number of amides is 1. The molecular weight excluding hydrogens is 364 g/mol. The Bertz CT molecular complexity index is 972. The van der Waals surface area contributed by atoms with Crippen LogP contribution in [0.2, 0.25) is 0 Å². The third-order valence-electron chi connectivity index (χ3n) is 4.20. The molecule has 0 aliphatic carbocycles. The standard InChI is InChI=1S/C19H18N4O3S/c1-12-7-6-10-15(17(12)23(25)26)18(24)20-19-22-21-16(27-19)11-13(2)14-8-4-3-5-9-14/h3-10,13H,11H2,1-2H3,(H,20,22,24)/t13-/m1/s1. The van der Waals surface area contributed by atoms with Crippen molar-refractivity contribution in [3.63, 3.8) is 0 Å². The number of carbonyl (C=O) groups is 1. The molecular formula is C19H18N4O3S. The molecule has 1 amide bonds. The number of nitro groups is 1. The van der Waals surface area contributed by atoms with Crippen LogP contribution in [0.25, 0.3) is 0 Å². The second kappa shape index (κ2) is 8.05. The first-order valence-electron chi connectivity index (χ1n) is 8.38. The average Bonchev–Trinajstić information content (AvgIpc) is 3.08. The summed E-state index contributed by atoms with van der Waals surface area (Å²) in [5.74, 6) is -0.301. The van der Waals surface area contributed by atoms with Crippen LogP contribution in [0.3, 0.4) is 0 Å². The largest absolute Gasteiger partial charge is 0.296 e. The first-order chi connectivity index (χ1) is 13.0. The zero-order valence-corrected chi connectivity index (χ0v) is 15.7. The monoisotopic (exact) mass is 382 g/mol. The molecule has 0 spiro atoms. The molecule has 3 aromatic rings.